The molecule has 3 nitrogen and oxygen atoms in total. The van der Waals surface area contributed by atoms with Crippen molar-refractivity contribution in [3.05, 3.63) is 47.2 Å². The third kappa shape index (κ3) is 3.29. The number of pyridine rings is 1. The summed E-state index contributed by atoms with van der Waals surface area (Å²) >= 11 is 1.88. The summed E-state index contributed by atoms with van der Waals surface area (Å²) in [5.41, 5.74) is 3.76. The number of thioether (sulfide) groups is 1. The smallest absolute Gasteiger partial charge is 0.341 e. The van der Waals surface area contributed by atoms with Gasteiger partial charge in [-0.2, -0.15) is 0 Å². The van der Waals surface area contributed by atoms with E-state index < -0.39 is 5.97 Å². The first kappa shape index (κ1) is 17.6. The zero-order valence-corrected chi connectivity index (χ0v) is 15.6. The van der Waals surface area contributed by atoms with Crippen LogP contribution in [0.2, 0.25) is 0 Å². The van der Waals surface area contributed by atoms with Crippen molar-refractivity contribution >= 4 is 17.7 Å². The highest BCUT2D eigenvalue weighted by molar-refractivity contribution is 7.99. The fourth-order valence-electron chi connectivity index (χ4n) is 3.09. The zero-order valence-electron chi connectivity index (χ0n) is 14.8. The fraction of sp³-hybridized carbons (Fsp3) is 0.333. The number of nitrogens with zero attached hydrogens (tertiary/aromatic N) is 1. The molecule has 0 aliphatic carbocycles. The van der Waals surface area contributed by atoms with E-state index in [2.05, 4.69) is 36.9 Å². The molecule has 1 aliphatic heterocycles. The summed E-state index contributed by atoms with van der Waals surface area (Å²) in [5.74, 6) is 3.28. The van der Waals surface area contributed by atoms with Crippen LogP contribution in [0.15, 0.2) is 35.4 Å². The Morgan fingerprint density at radius 2 is 2.20 bits per heavy atom. The van der Waals surface area contributed by atoms with Gasteiger partial charge in [0.1, 0.15) is 5.56 Å². The van der Waals surface area contributed by atoms with Crippen molar-refractivity contribution in [2.24, 2.45) is 0 Å². The molecule has 3 rings (SSSR count). The molecule has 0 spiro atoms. The van der Waals surface area contributed by atoms with E-state index in [4.69, 9.17) is 11.2 Å². The van der Waals surface area contributed by atoms with Crippen LogP contribution in [0.25, 0.3) is 11.3 Å². The molecule has 1 aliphatic rings. The first-order valence-electron chi connectivity index (χ1n) is 8.38. The van der Waals surface area contributed by atoms with Crippen LogP contribution >= 0.6 is 11.8 Å². The van der Waals surface area contributed by atoms with E-state index in [1.165, 1.54) is 10.5 Å². The zero-order chi connectivity index (χ0) is 18.0. The Bertz CT molecular complexity index is 865. The first-order chi connectivity index (χ1) is 12.0. The predicted molar refractivity (Wildman–Crippen MR) is 102 cm³/mol. The molecule has 128 valence electrons. The molecule has 0 N–H and O–H groups in total. The Labute approximate surface area is 153 Å². The van der Waals surface area contributed by atoms with Gasteiger partial charge in [0.25, 0.3) is 0 Å². The van der Waals surface area contributed by atoms with Crippen LogP contribution in [0.4, 0.5) is 0 Å². The normalized spacial score (nSPS) is 15.1. The molecule has 2 aromatic rings. The minimum Gasteiger partial charge on any atom is -0.462 e. The van der Waals surface area contributed by atoms with Gasteiger partial charge in [0, 0.05) is 22.2 Å². The van der Waals surface area contributed by atoms with Gasteiger partial charge in [-0.3, -0.25) is 4.98 Å². The molecule has 0 saturated carbocycles. The lowest BCUT2D eigenvalue weighted by atomic mass is 9.80. The summed E-state index contributed by atoms with van der Waals surface area (Å²) in [5, 5.41) is 0. The number of benzene rings is 1. The Kier molecular flexibility index (Phi) is 4.87. The molecule has 2 heterocycles. The Morgan fingerprint density at radius 3 is 2.92 bits per heavy atom. The highest BCUT2D eigenvalue weighted by Crippen LogP contribution is 2.43. The second-order valence-electron chi connectivity index (χ2n) is 6.64. The topological polar surface area (TPSA) is 39.2 Å². The number of fused-ring (bicyclic) bond motifs is 1. The third-order valence-electron chi connectivity index (χ3n) is 4.55. The lowest BCUT2D eigenvalue weighted by Crippen LogP contribution is -2.22. The molecule has 0 amide bonds. The summed E-state index contributed by atoms with van der Waals surface area (Å²) in [6.07, 6.45) is 8.36. The van der Waals surface area contributed by atoms with E-state index >= 15 is 0 Å². The molecule has 0 fully saturated rings. The summed E-state index contributed by atoms with van der Waals surface area (Å²) in [7, 11) is 0. The number of carbonyl (C=O) groups excluding carboxylic acids is 1. The lowest BCUT2D eigenvalue weighted by molar-refractivity contribution is 0.0526. The van der Waals surface area contributed by atoms with Gasteiger partial charge in [0.15, 0.2) is 0 Å². The van der Waals surface area contributed by atoms with Crippen LogP contribution in [0.3, 0.4) is 0 Å². The van der Waals surface area contributed by atoms with Crippen molar-refractivity contribution < 1.29 is 9.53 Å². The summed E-state index contributed by atoms with van der Waals surface area (Å²) in [6, 6.07) is 7.95. The van der Waals surface area contributed by atoms with Crippen LogP contribution in [0.5, 0.6) is 0 Å². The van der Waals surface area contributed by atoms with Crippen LogP contribution in [-0.2, 0) is 10.2 Å². The summed E-state index contributed by atoms with van der Waals surface area (Å²) < 4.78 is 5.21. The maximum atomic E-state index is 12.5. The van der Waals surface area contributed by atoms with E-state index in [1.807, 2.05) is 17.8 Å². The maximum absolute atomic E-state index is 12.5. The number of carbonyl (C=O) groups is 1. The number of ether oxygens (including phenoxy) is 1. The van der Waals surface area contributed by atoms with E-state index in [-0.39, 0.29) is 5.41 Å². The van der Waals surface area contributed by atoms with E-state index in [9.17, 15) is 4.79 Å². The fourth-order valence-corrected chi connectivity index (χ4v) is 4.58. The number of aromatic nitrogens is 1. The minimum atomic E-state index is -0.426. The molecule has 4 heteroatoms. The third-order valence-corrected chi connectivity index (χ3v) is 5.63. The highest BCUT2D eigenvalue weighted by atomic mass is 32.2. The summed E-state index contributed by atoms with van der Waals surface area (Å²) in [6.45, 7) is 6.59. The molecule has 0 bridgehead atoms. The molecular formula is C21H21NO2S. The van der Waals surface area contributed by atoms with Gasteiger partial charge in [0.05, 0.1) is 12.3 Å². The predicted octanol–water partition coefficient (Wildman–Crippen LogP) is 4.68. The van der Waals surface area contributed by atoms with Crippen molar-refractivity contribution in [1.82, 2.24) is 4.98 Å². The van der Waals surface area contributed by atoms with Gasteiger partial charge >= 0.3 is 5.97 Å². The van der Waals surface area contributed by atoms with Crippen molar-refractivity contribution in [3.8, 4) is 23.6 Å². The lowest BCUT2D eigenvalue weighted by Gasteiger charge is -2.32. The number of rotatable bonds is 3. The first-order valence-corrected chi connectivity index (χ1v) is 9.37. The standard InChI is InChI=1S/C21H21NO2S/c1-5-14-9-11-22-19(18(14)20(23)24-6-2)15-7-8-17-16(13-15)21(3,4)10-12-25-17/h1,7-9,11,13H,6,10,12H2,2-4H3. The second-order valence-corrected chi connectivity index (χ2v) is 7.78. The monoisotopic (exact) mass is 351 g/mol. The number of hydrogen-bond acceptors (Lipinski definition) is 4. The Balaban J connectivity index is 2.18. The van der Waals surface area contributed by atoms with E-state index in [0.29, 0.717) is 23.4 Å². The van der Waals surface area contributed by atoms with Gasteiger partial charge in [-0.25, -0.2) is 4.79 Å². The minimum absolute atomic E-state index is 0.102. The Hall–Kier alpha value is -2.25. The number of esters is 1. The molecule has 1 aromatic heterocycles. The molecule has 25 heavy (non-hydrogen) atoms. The van der Waals surface area contributed by atoms with Crippen LogP contribution in [-0.4, -0.2) is 23.3 Å². The quantitative estimate of drug-likeness (QED) is 0.594. The van der Waals surface area contributed by atoms with E-state index in [0.717, 1.165) is 17.7 Å². The van der Waals surface area contributed by atoms with Gasteiger partial charge < -0.3 is 4.74 Å². The van der Waals surface area contributed by atoms with E-state index in [1.54, 1.807) is 19.2 Å². The molecule has 0 radical (unpaired) electrons. The van der Waals surface area contributed by atoms with Gasteiger partial charge in [0.2, 0.25) is 0 Å². The summed E-state index contributed by atoms with van der Waals surface area (Å²) in [4.78, 5) is 18.2. The van der Waals surface area contributed by atoms with Gasteiger partial charge in [-0.1, -0.05) is 25.8 Å². The van der Waals surface area contributed by atoms with Gasteiger partial charge in [-0.05, 0) is 48.3 Å². The molecule has 0 unspecified atom stereocenters. The maximum Gasteiger partial charge on any atom is 0.341 e. The van der Waals surface area contributed by atoms with Gasteiger partial charge in [-0.15, -0.1) is 18.2 Å². The average Bonchev–Trinajstić information content (AvgIpc) is 2.61. The van der Waals surface area contributed by atoms with Crippen LogP contribution in [0.1, 0.15) is 48.7 Å². The van der Waals surface area contributed by atoms with Crippen LogP contribution in [0, 0.1) is 12.3 Å². The highest BCUT2D eigenvalue weighted by Gasteiger charge is 2.29. The van der Waals surface area contributed by atoms with Crippen molar-refractivity contribution in [3.63, 3.8) is 0 Å². The SMILES string of the molecule is C#Cc1ccnc(-c2ccc3c(c2)C(C)(C)CCS3)c1C(=O)OCC. The molecule has 0 atom stereocenters. The van der Waals surface area contributed by atoms with Crippen molar-refractivity contribution in [2.45, 2.75) is 37.5 Å². The van der Waals surface area contributed by atoms with Crippen molar-refractivity contribution in [1.29, 1.82) is 0 Å². The van der Waals surface area contributed by atoms with Crippen LogP contribution < -0.4 is 0 Å². The number of hydrogen-bond donors (Lipinski definition) is 0. The second kappa shape index (κ2) is 6.93. The van der Waals surface area contributed by atoms with Crippen molar-refractivity contribution in [2.75, 3.05) is 12.4 Å². The largest absolute Gasteiger partial charge is 0.462 e. The Morgan fingerprint density at radius 1 is 1.40 bits per heavy atom. The molecule has 1 aromatic carbocycles. The molecule has 0 saturated heterocycles. The molecular weight excluding hydrogens is 330 g/mol. The number of terminal acetylenes is 1. The average molecular weight is 351 g/mol.